The highest BCUT2D eigenvalue weighted by Crippen LogP contribution is 2.25. The van der Waals surface area contributed by atoms with Gasteiger partial charge in [0.15, 0.2) is 0 Å². The predicted molar refractivity (Wildman–Crippen MR) is 65.5 cm³/mol. The average molecular weight is 227 g/mol. The minimum absolute atomic E-state index is 0.208. The van der Waals surface area contributed by atoms with Crippen molar-refractivity contribution in [1.82, 2.24) is 4.90 Å². The number of carboxylic acid groups (broad SMARTS) is 1. The minimum atomic E-state index is -0.678. The fourth-order valence-electron chi connectivity index (χ4n) is 2.74. The van der Waals surface area contributed by atoms with Gasteiger partial charge in [0.1, 0.15) is 0 Å². The van der Waals surface area contributed by atoms with Crippen LogP contribution in [0.15, 0.2) is 0 Å². The fourth-order valence-corrected chi connectivity index (χ4v) is 2.74. The van der Waals surface area contributed by atoms with Crippen LogP contribution < -0.4 is 0 Å². The van der Waals surface area contributed by atoms with E-state index in [0.29, 0.717) is 0 Å². The molecule has 0 aliphatic heterocycles. The van der Waals surface area contributed by atoms with Crippen LogP contribution in [0.1, 0.15) is 51.9 Å². The Kier molecular flexibility index (Phi) is 5.81. The quantitative estimate of drug-likeness (QED) is 0.758. The summed E-state index contributed by atoms with van der Waals surface area (Å²) in [5, 5.41) is 8.84. The lowest BCUT2D eigenvalue weighted by Gasteiger charge is -2.31. The molecule has 3 heteroatoms. The van der Waals surface area contributed by atoms with E-state index in [1.807, 2.05) is 0 Å². The van der Waals surface area contributed by atoms with Crippen LogP contribution in [0.5, 0.6) is 0 Å². The summed E-state index contributed by atoms with van der Waals surface area (Å²) in [5.41, 5.74) is 0. The summed E-state index contributed by atoms with van der Waals surface area (Å²) in [6, 6.07) is 0.208. The van der Waals surface area contributed by atoms with Crippen LogP contribution in [0, 0.1) is 5.92 Å². The molecular weight excluding hydrogens is 202 g/mol. The van der Waals surface area contributed by atoms with Gasteiger partial charge in [0, 0.05) is 12.6 Å². The molecule has 1 fully saturated rings. The van der Waals surface area contributed by atoms with Crippen LogP contribution >= 0.6 is 0 Å². The highest BCUT2D eigenvalue weighted by molar-refractivity contribution is 5.67. The summed E-state index contributed by atoms with van der Waals surface area (Å²) in [6.07, 6.45) is 7.95. The number of aliphatic carboxylic acids is 1. The number of nitrogens with zero attached hydrogens (tertiary/aromatic N) is 1. The van der Waals surface area contributed by atoms with E-state index in [-0.39, 0.29) is 12.5 Å². The third-order valence-corrected chi connectivity index (χ3v) is 3.78. The molecule has 3 nitrogen and oxygen atoms in total. The molecule has 1 aliphatic carbocycles. The molecule has 16 heavy (non-hydrogen) atoms. The predicted octanol–water partition coefficient (Wildman–Crippen LogP) is 2.75. The van der Waals surface area contributed by atoms with Crippen molar-refractivity contribution < 1.29 is 9.90 Å². The van der Waals surface area contributed by atoms with Gasteiger partial charge < -0.3 is 10.0 Å². The van der Waals surface area contributed by atoms with Crippen molar-refractivity contribution in [2.24, 2.45) is 5.92 Å². The Morgan fingerprint density at radius 2 is 2.00 bits per heavy atom. The Hall–Kier alpha value is -0.570. The van der Waals surface area contributed by atoms with E-state index in [4.69, 9.17) is 5.11 Å². The molecule has 0 bridgehead atoms. The molecule has 0 radical (unpaired) electrons. The Bertz CT molecular complexity index is 212. The summed E-state index contributed by atoms with van der Waals surface area (Å²) in [4.78, 5) is 13.0. The molecule has 0 amide bonds. The van der Waals surface area contributed by atoms with Gasteiger partial charge in [-0.25, -0.2) is 0 Å². The molecule has 0 saturated heterocycles. The van der Waals surface area contributed by atoms with E-state index < -0.39 is 5.97 Å². The maximum absolute atomic E-state index is 10.7. The number of rotatable bonds is 6. The van der Waals surface area contributed by atoms with E-state index >= 15 is 0 Å². The number of hydrogen-bond donors (Lipinski definition) is 1. The third-order valence-electron chi connectivity index (χ3n) is 3.78. The molecule has 1 saturated carbocycles. The van der Waals surface area contributed by atoms with Gasteiger partial charge in [0.25, 0.3) is 0 Å². The summed E-state index contributed by atoms with van der Waals surface area (Å²) in [6.45, 7) is 3.15. The lowest BCUT2D eigenvalue weighted by molar-refractivity contribution is -0.138. The number of carboxylic acids is 1. The second kappa shape index (κ2) is 6.89. The zero-order valence-electron chi connectivity index (χ0n) is 10.6. The van der Waals surface area contributed by atoms with Crippen molar-refractivity contribution in [3.05, 3.63) is 0 Å². The minimum Gasteiger partial charge on any atom is -0.481 e. The van der Waals surface area contributed by atoms with Crippen LogP contribution in [0.3, 0.4) is 0 Å². The zero-order valence-corrected chi connectivity index (χ0v) is 10.6. The molecule has 0 aromatic heterocycles. The van der Waals surface area contributed by atoms with Crippen LogP contribution in [0.4, 0.5) is 0 Å². The van der Waals surface area contributed by atoms with Crippen LogP contribution in [0.2, 0.25) is 0 Å². The van der Waals surface area contributed by atoms with Crippen molar-refractivity contribution in [3.8, 4) is 0 Å². The van der Waals surface area contributed by atoms with E-state index in [2.05, 4.69) is 18.9 Å². The summed E-state index contributed by atoms with van der Waals surface area (Å²) >= 11 is 0. The molecular formula is C13H25NO2. The van der Waals surface area contributed by atoms with E-state index in [0.717, 1.165) is 18.9 Å². The molecule has 0 spiro atoms. The molecule has 0 aromatic carbocycles. The van der Waals surface area contributed by atoms with E-state index in [9.17, 15) is 4.79 Å². The van der Waals surface area contributed by atoms with Crippen LogP contribution in [0.25, 0.3) is 0 Å². The zero-order chi connectivity index (χ0) is 12.0. The monoisotopic (exact) mass is 227 g/mol. The molecule has 1 aliphatic rings. The summed E-state index contributed by atoms with van der Waals surface area (Å²) < 4.78 is 0. The standard InChI is InChI=1S/C13H25NO2/c1-3-12(9-13(15)16)14(2)10-11-7-5-4-6-8-11/h11-12H,3-10H2,1-2H3,(H,15,16). The number of carbonyl (C=O) groups is 1. The molecule has 1 unspecified atom stereocenters. The lowest BCUT2D eigenvalue weighted by atomic mass is 9.88. The van der Waals surface area contributed by atoms with Crippen molar-refractivity contribution in [2.45, 2.75) is 57.9 Å². The third kappa shape index (κ3) is 4.52. The highest BCUT2D eigenvalue weighted by atomic mass is 16.4. The molecule has 1 N–H and O–H groups in total. The Labute approximate surface area is 98.8 Å². The van der Waals surface area contributed by atoms with Crippen LogP contribution in [-0.2, 0) is 4.79 Å². The van der Waals surface area contributed by atoms with E-state index in [1.165, 1.54) is 32.1 Å². The van der Waals surface area contributed by atoms with Gasteiger partial charge in [-0.05, 0) is 32.2 Å². The fraction of sp³-hybridized carbons (Fsp3) is 0.923. The molecule has 1 rings (SSSR count). The molecule has 0 heterocycles. The Morgan fingerprint density at radius 1 is 1.38 bits per heavy atom. The SMILES string of the molecule is CCC(CC(=O)O)N(C)CC1CCCCC1. The maximum atomic E-state index is 10.7. The van der Waals surface area contributed by atoms with Gasteiger partial charge in [-0.2, -0.15) is 0 Å². The largest absolute Gasteiger partial charge is 0.481 e. The highest BCUT2D eigenvalue weighted by Gasteiger charge is 2.21. The van der Waals surface area contributed by atoms with Gasteiger partial charge in [-0.15, -0.1) is 0 Å². The topological polar surface area (TPSA) is 40.5 Å². The first-order valence-corrected chi connectivity index (χ1v) is 6.55. The van der Waals surface area contributed by atoms with Gasteiger partial charge in [0.2, 0.25) is 0 Å². The van der Waals surface area contributed by atoms with Gasteiger partial charge >= 0.3 is 5.97 Å². The van der Waals surface area contributed by atoms with Crippen molar-refractivity contribution in [1.29, 1.82) is 0 Å². The van der Waals surface area contributed by atoms with Crippen molar-refractivity contribution in [2.75, 3.05) is 13.6 Å². The van der Waals surface area contributed by atoms with Gasteiger partial charge in [-0.1, -0.05) is 26.2 Å². The first-order chi connectivity index (χ1) is 7.63. The Morgan fingerprint density at radius 3 is 2.50 bits per heavy atom. The first kappa shape index (κ1) is 13.5. The molecule has 0 aromatic rings. The van der Waals surface area contributed by atoms with Crippen molar-refractivity contribution >= 4 is 5.97 Å². The molecule has 94 valence electrons. The normalized spacial score (nSPS) is 19.9. The lowest BCUT2D eigenvalue weighted by Crippen LogP contribution is -2.37. The van der Waals surface area contributed by atoms with Crippen molar-refractivity contribution in [3.63, 3.8) is 0 Å². The van der Waals surface area contributed by atoms with Gasteiger partial charge in [-0.3, -0.25) is 4.79 Å². The van der Waals surface area contributed by atoms with E-state index in [1.54, 1.807) is 0 Å². The maximum Gasteiger partial charge on any atom is 0.304 e. The second-order valence-electron chi connectivity index (χ2n) is 5.10. The van der Waals surface area contributed by atoms with Gasteiger partial charge in [0.05, 0.1) is 6.42 Å². The van der Waals surface area contributed by atoms with Crippen LogP contribution in [-0.4, -0.2) is 35.6 Å². The summed E-state index contributed by atoms with van der Waals surface area (Å²) in [7, 11) is 2.08. The second-order valence-corrected chi connectivity index (χ2v) is 5.10. The first-order valence-electron chi connectivity index (χ1n) is 6.55. The number of hydrogen-bond acceptors (Lipinski definition) is 2. The average Bonchev–Trinajstić information content (AvgIpc) is 2.26. The molecule has 1 atom stereocenters. The summed E-state index contributed by atoms with van der Waals surface area (Å²) in [5.74, 6) is 0.115. The smallest absolute Gasteiger partial charge is 0.304 e. The Balaban J connectivity index is 2.35.